The molecule has 0 aromatic heterocycles. The summed E-state index contributed by atoms with van der Waals surface area (Å²) in [6.07, 6.45) is 3.15. The Balaban J connectivity index is 4.54. The minimum atomic E-state index is -0.670. The highest BCUT2D eigenvalue weighted by atomic mass is 16.6. The van der Waals surface area contributed by atoms with Crippen molar-refractivity contribution in [2.24, 2.45) is 0 Å². The van der Waals surface area contributed by atoms with Crippen LogP contribution in [0.4, 0.5) is 4.79 Å². The van der Waals surface area contributed by atoms with E-state index < -0.39 is 29.2 Å². The zero-order valence-electron chi connectivity index (χ0n) is 18.4. The quantitative estimate of drug-likeness (QED) is 0.252. The molecule has 0 spiro atoms. The van der Waals surface area contributed by atoms with Crippen molar-refractivity contribution in [1.82, 2.24) is 5.32 Å². The highest BCUT2D eigenvalue weighted by Crippen LogP contribution is 2.14. The highest BCUT2D eigenvalue weighted by Gasteiger charge is 2.19. The fourth-order valence-electron chi connectivity index (χ4n) is 2.11. The van der Waals surface area contributed by atoms with Gasteiger partial charge in [-0.1, -0.05) is 6.42 Å². The third-order valence-corrected chi connectivity index (χ3v) is 3.20. The minimum Gasteiger partial charge on any atom is -0.461 e. The number of ether oxygens (including phenoxy) is 3. The van der Waals surface area contributed by atoms with E-state index in [1.54, 1.807) is 41.5 Å². The molecule has 0 bridgehead atoms. The van der Waals surface area contributed by atoms with Crippen LogP contribution in [0.25, 0.3) is 0 Å². The van der Waals surface area contributed by atoms with E-state index in [9.17, 15) is 14.4 Å². The molecule has 0 radical (unpaired) electrons. The maximum Gasteiger partial charge on any atom is 0.407 e. The molecule has 1 N–H and O–H groups in total. The number of alkyl carbamates (subject to hydrolysis) is 1. The molecule has 8 nitrogen and oxygen atoms in total. The van der Waals surface area contributed by atoms with E-state index in [-0.39, 0.29) is 18.6 Å². The Kier molecular flexibility index (Phi) is 11.7. The number of hydrogen-bond donors (Lipinski definition) is 1. The summed E-state index contributed by atoms with van der Waals surface area (Å²) in [6.45, 7) is 11.0. The summed E-state index contributed by atoms with van der Waals surface area (Å²) in [6, 6.07) is 1.89. The molecule has 29 heavy (non-hydrogen) atoms. The smallest absolute Gasteiger partial charge is 0.407 e. The van der Waals surface area contributed by atoms with Gasteiger partial charge in [-0.05, 0) is 60.8 Å². The lowest BCUT2D eigenvalue weighted by molar-refractivity contribution is -0.149. The number of nitriles is 1. The first-order valence-electron chi connectivity index (χ1n) is 9.78. The zero-order valence-corrected chi connectivity index (χ0v) is 18.4. The van der Waals surface area contributed by atoms with E-state index in [1.807, 2.05) is 6.07 Å². The van der Waals surface area contributed by atoms with Crippen LogP contribution in [0, 0.1) is 11.3 Å². The van der Waals surface area contributed by atoms with Crippen LogP contribution in [-0.2, 0) is 23.8 Å². The predicted octanol–water partition coefficient (Wildman–Crippen LogP) is 3.80. The van der Waals surface area contributed by atoms with Crippen LogP contribution < -0.4 is 5.32 Å². The Morgan fingerprint density at radius 2 is 1.59 bits per heavy atom. The van der Waals surface area contributed by atoms with E-state index in [0.717, 1.165) is 12.5 Å². The van der Waals surface area contributed by atoms with Gasteiger partial charge in [0.25, 0.3) is 0 Å². The lowest BCUT2D eigenvalue weighted by atomic mass is 10.1. The van der Waals surface area contributed by atoms with Gasteiger partial charge in [-0.25, -0.2) is 14.4 Å². The van der Waals surface area contributed by atoms with E-state index in [0.29, 0.717) is 25.8 Å². The van der Waals surface area contributed by atoms with E-state index >= 15 is 0 Å². The van der Waals surface area contributed by atoms with Crippen molar-refractivity contribution in [2.75, 3.05) is 13.2 Å². The number of carbonyl (C=O) groups excluding carboxylic acids is 3. The average Bonchev–Trinajstić information content (AvgIpc) is 2.53. The molecule has 0 unspecified atom stereocenters. The number of rotatable bonds is 10. The molecule has 0 saturated heterocycles. The van der Waals surface area contributed by atoms with E-state index in [4.69, 9.17) is 19.5 Å². The Labute approximate surface area is 173 Å². The monoisotopic (exact) mass is 410 g/mol. The fourth-order valence-corrected chi connectivity index (χ4v) is 2.11. The summed E-state index contributed by atoms with van der Waals surface area (Å²) in [5.74, 6) is -1.24. The molecule has 8 heteroatoms. The standard InChI is InChI=1S/C21H34N2O6/c1-20(2,3)28-17(24)15-16(18(25)27-14-10-12-22)11-8-7-9-13-23-19(26)29-21(4,5)6/h15H,7-11,13-14H2,1-6H3,(H,23,26)/b16-15-. The molecule has 0 aromatic rings. The molecule has 1 amide bonds. The Bertz CT molecular complexity index is 621. The number of carbonyl (C=O) groups is 3. The Morgan fingerprint density at radius 1 is 0.966 bits per heavy atom. The summed E-state index contributed by atoms with van der Waals surface area (Å²) in [4.78, 5) is 35.8. The van der Waals surface area contributed by atoms with Gasteiger partial charge >= 0.3 is 18.0 Å². The molecule has 0 aliphatic carbocycles. The van der Waals surface area contributed by atoms with Crippen molar-refractivity contribution in [1.29, 1.82) is 5.26 Å². The number of nitrogens with one attached hydrogen (secondary N) is 1. The van der Waals surface area contributed by atoms with Crippen molar-refractivity contribution in [3.8, 4) is 6.07 Å². The normalized spacial score (nSPS) is 12.0. The molecule has 0 fully saturated rings. The van der Waals surface area contributed by atoms with Crippen molar-refractivity contribution in [3.05, 3.63) is 11.6 Å². The van der Waals surface area contributed by atoms with Gasteiger partial charge < -0.3 is 19.5 Å². The van der Waals surface area contributed by atoms with Crippen LogP contribution in [-0.4, -0.2) is 42.4 Å². The third kappa shape index (κ3) is 16.1. The molecule has 0 aliphatic heterocycles. The molecule has 0 atom stereocenters. The van der Waals surface area contributed by atoms with Gasteiger partial charge in [0.05, 0.1) is 12.5 Å². The molecule has 0 rings (SSSR count). The van der Waals surface area contributed by atoms with Crippen molar-refractivity contribution in [3.63, 3.8) is 0 Å². The first-order valence-corrected chi connectivity index (χ1v) is 9.78. The molecule has 164 valence electrons. The number of nitrogens with zero attached hydrogens (tertiary/aromatic N) is 1. The summed E-state index contributed by atoms with van der Waals surface area (Å²) in [5.41, 5.74) is -1.01. The Morgan fingerprint density at radius 3 is 2.14 bits per heavy atom. The van der Waals surface area contributed by atoms with Crippen LogP contribution in [0.2, 0.25) is 0 Å². The van der Waals surface area contributed by atoms with E-state index in [1.165, 1.54) is 0 Å². The largest absolute Gasteiger partial charge is 0.461 e. The lowest BCUT2D eigenvalue weighted by Gasteiger charge is -2.19. The molecule has 0 aliphatic rings. The second kappa shape index (κ2) is 12.8. The Hall–Kier alpha value is -2.56. The maximum absolute atomic E-state index is 12.2. The minimum absolute atomic E-state index is 0.0270. The van der Waals surface area contributed by atoms with Gasteiger partial charge in [0.15, 0.2) is 0 Å². The van der Waals surface area contributed by atoms with Crippen molar-refractivity contribution < 1.29 is 28.6 Å². The predicted molar refractivity (Wildman–Crippen MR) is 108 cm³/mol. The maximum atomic E-state index is 12.2. The number of esters is 2. The van der Waals surface area contributed by atoms with Crippen LogP contribution in [0.3, 0.4) is 0 Å². The molecule has 0 saturated carbocycles. The summed E-state index contributed by atoms with van der Waals surface area (Å²) >= 11 is 0. The number of hydrogen-bond acceptors (Lipinski definition) is 7. The van der Waals surface area contributed by atoms with Crippen LogP contribution in [0.5, 0.6) is 0 Å². The molecular weight excluding hydrogens is 376 g/mol. The molecule has 0 aromatic carbocycles. The highest BCUT2D eigenvalue weighted by molar-refractivity contribution is 5.96. The number of amides is 1. The fraction of sp³-hybridized carbons (Fsp3) is 0.714. The number of unbranched alkanes of at least 4 members (excludes halogenated alkanes) is 2. The average molecular weight is 411 g/mol. The van der Waals surface area contributed by atoms with Gasteiger partial charge in [0.1, 0.15) is 17.8 Å². The molecule has 0 heterocycles. The van der Waals surface area contributed by atoms with Gasteiger partial charge in [-0.15, -0.1) is 0 Å². The van der Waals surface area contributed by atoms with Crippen LogP contribution >= 0.6 is 0 Å². The van der Waals surface area contributed by atoms with Crippen molar-refractivity contribution >= 4 is 18.0 Å². The summed E-state index contributed by atoms with van der Waals surface area (Å²) in [5, 5.41) is 11.2. The summed E-state index contributed by atoms with van der Waals surface area (Å²) in [7, 11) is 0. The summed E-state index contributed by atoms with van der Waals surface area (Å²) < 4.78 is 15.4. The third-order valence-electron chi connectivity index (χ3n) is 3.20. The lowest BCUT2D eigenvalue weighted by Crippen LogP contribution is -2.32. The van der Waals surface area contributed by atoms with Gasteiger partial charge in [-0.3, -0.25) is 0 Å². The van der Waals surface area contributed by atoms with E-state index in [2.05, 4.69) is 5.32 Å². The first-order chi connectivity index (χ1) is 13.3. The van der Waals surface area contributed by atoms with Crippen LogP contribution in [0.15, 0.2) is 11.6 Å². The van der Waals surface area contributed by atoms with Gasteiger partial charge in [0, 0.05) is 18.2 Å². The van der Waals surface area contributed by atoms with Crippen LogP contribution in [0.1, 0.15) is 73.6 Å². The van der Waals surface area contributed by atoms with Crippen molar-refractivity contribution in [2.45, 2.75) is 84.8 Å². The molecular formula is C21H34N2O6. The second-order valence-electron chi connectivity index (χ2n) is 8.49. The topological polar surface area (TPSA) is 115 Å². The van der Waals surface area contributed by atoms with Gasteiger partial charge in [0.2, 0.25) is 0 Å². The first kappa shape index (κ1) is 26.4. The second-order valence-corrected chi connectivity index (χ2v) is 8.49. The SMILES string of the molecule is CC(C)(C)OC(=O)/C=C(/CCCCCNC(=O)OC(C)(C)C)C(=O)OCCC#N. The zero-order chi connectivity index (χ0) is 22.5. The van der Waals surface area contributed by atoms with Gasteiger partial charge in [-0.2, -0.15) is 5.26 Å².